The Balaban J connectivity index is 2.33. The van der Waals surface area contributed by atoms with Gasteiger partial charge in [0.2, 0.25) is 0 Å². The molecule has 1 rings (SSSR count). The van der Waals surface area contributed by atoms with Crippen molar-refractivity contribution in [2.24, 2.45) is 0 Å². The van der Waals surface area contributed by atoms with E-state index in [1.807, 2.05) is 43.3 Å². The second-order valence-electron chi connectivity index (χ2n) is 3.16. The fourth-order valence-electron chi connectivity index (χ4n) is 1.06. The summed E-state index contributed by atoms with van der Waals surface area (Å²) < 4.78 is 4.88. The van der Waals surface area contributed by atoms with Crippen LogP contribution in [0.2, 0.25) is 0 Å². The summed E-state index contributed by atoms with van der Waals surface area (Å²) >= 11 is 0. The molecule has 0 N–H and O–H groups in total. The van der Waals surface area contributed by atoms with Crippen molar-refractivity contribution in [3.8, 4) is 11.8 Å². The molecule has 17 heavy (non-hydrogen) atoms. The molecular weight excluding hydrogens is 212 g/mol. The van der Waals surface area contributed by atoms with Crippen molar-refractivity contribution < 1.29 is 9.53 Å². The first-order valence-corrected chi connectivity index (χ1v) is 5.33. The Kier molecular flexibility index (Phi) is 5.98. The van der Waals surface area contributed by atoms with Crippen molar-refractivity contribution in [3.63, 3.8) is 0 Å². The minimum atomic E-state index is -0.384. The number of ether oxygens (including phenoxy) is 1. The summed E-state index contributed by atoms with van der Waals surface area (Å²) in [6.07, 6.45) is 6.59. The molecular formula is C15H14O2. The maximum Gasteiger partial charge on any atom is 0.331 e. The summed E-state index contributed by atoms with van der Waals surface area (Å²) in [6, 6.07) is 9.56. The lowest BCUT2D eigenvalue weighted by molar-refractivity contribution is -0.136. The molecule has 0 fully saturated rings. The van der Waals surface area contributed by atoms with Gasteiger partial charge in [0.25, 0.3) is 0 Å². The van der Waals surface area contributed by atoms with Crippen LogP contribution >= 0.6 is 0 Å². The van der Waals surface area contributed by atoms with Gasteiger partial charge in [0.05, 0.1) is 0 Å². The Morgan fingerprint density at radius 1 is 1.29 bits per heavy atom. The van der Waals surface area contributed by atoms with Gasteiger partial charge in [0.15, 0.2) is 6.61 Å². The summed E-state index contributed by atoms with van der Waals surface area (Å²) in [5.74, 6) is 5.30. The Labute approximate surface area is 102 Å². The van der Waals surface area contributed by atoms with Gasteiger partial charge in [0.1, 0.15) is 0 Å². The van der Waals surface area contributed by atoms with Crippen LogP contribution in [-0.4, -0.2) is 12.6 Å². The van der Waals surface area contributed by atoms with E-state index in [0.29, 0.717) is 0 Å². The van der Waals surface area contributed by atoms with Crippen LogP contribution in [0.5, 0.6) is 0 Å². The average Bonchev–Trinajstić information content (AvgIpc) is 2.36. The number of allylic oxidation sites excluding steroid dienone is 3. The van der Waals surface area contributed by atoms with Crippen LogP contribution in [0.15, 0.2) is 54.6 Å². The molecule has 0 aliphatic carbocycles. The number of hydrogen-bond donors (Lipinski definition) is 0. The molecule has 2 nitrogen and oxygen atoms in total. The maximum atomic E-state index is 11.1. The van der Waals surface area contributed by atoms with Crippen molar-refractivity contribution >= 4 is 5.97 Å². The molecule has 86 valence electrons. The highest BCUT2D eigenvalue weighted by molar-refractivity contribution is 5.82. The minimum absolute atomic E-state index is 0.105. The number of rotatable bonds is 3. The van der Waals surface area contributed by atoms with Crippen molar-refractivity contribution in [2.45, 2.75) is 6.92 Å². The van der Waals surface area contributed by atoms with Gasteiger partial charge in [0, 0.05) is 11.6 Å². The Morgan fingerprint density at radius 2 is 2.06 bits per heavy atom. The molecule has 0 saturated heterocycles. The fourth-order valence-corrected chi connectivity index (χ4v) is 1.06. The third-order valence-corrected chi connectivity index (χ3v) is 1.83. The largest absolute Gasteiger partial charge is 0.449 e. The zero-order chi connectivity index (χ0) is 12.3. The quantitative estimate of drug-likeness (QED) is 0.343. The van der Waals surface area contributed by atoms with E-state index in [0.717, 1.165) is 5.56 Å². The molecule has 0 atom stereocenters. The highest BCUT2D eigenvalue weighted by Crippen LogP contribution is 1.94. The maximum absolute atomic E-state index is 11.1. The highest BCUT2D eigenvalue weighted by atomic mass is 16.5. The summed E-state index contributed by atoms with van der Waals surface area (Å²) in [4.78, 5) is 11.1. The topological polar surface area (TPSA) is 26.3 Å². The van der Waals surface area contributed by atoms with Gasteiger partial charge >= 0.3 is 5.97 Å². The van der Waals surface area contributed by atoms with Crippen LogP contribution in [0.25, 0.3) is 0 Å². The molecule has 0 aliphatic rings. The molecule has 0 spiro atoms. The normalized spacial score (nSPS) is 10.2. The SMILES string of the molecule is C/C=C/C=C/C(=O)OCC#Cc1ccccc1. The predicted octanol–water partition coefficient (Wildman–Crippen LogP) is 2.71. The average molecular weight is 226 g/mol. The van der Waals surface area contributed by atoms with Gasteiger partial charge in [-0.1, -0.05) is 48.3 Å². The molecule has 0 saturated carbocycles. The first-order valence-electron chi connectivity index (χ1n) is 5.33. The Morgan fingerprint density at radius 3 is 2.76 bits per heavy atom. The fraction of sp³-hybridized carbons (Fsp3) is 0.133. The summed E-state index contributed by atoms with van der Waals surface area (Å²) in [6.45, 7) is 1.98. The molecule has 2 heteroatoms. The van der Waals surface area contributed by atoms with Crippen LogP contribution < -0.4 is 0 Å². The number of hydrogen-bond acceptors (Lipinski definition) is 2. The number of carbonyl (C=O) groups excluding carboxylic acids is 1. The molecule has 1 aromatic carbocycles. The van der Waals surface area contributed by atoms with Crippen LogP contribution in [0.3, 0.4) is 0 Å². The Bertz CT molecular complexity index is 459. The van der Waals surface area contributed by atoms with Gasteiger partial charge in [-0.3, -0.25) is 0 Å². The van der Waals surface area contributed by atoms with Gasteiger partial charge in [-0.05, 0) is 19.1 Å². The second-order valence-corrected chi connectivity index (χ2v) is 3.16. The lowest BCUT2D eigenvalue weighted by Gasteiger charge is -1.93. The summed E-state index contributed by atoms with van der Waals surface area (Å²) in [5.41, 5.74) is 0.910. The molecule has 0 amide bonds. The molecule has 0 radical (unpaired) electrons. The van der Waals surface area contributed by atoms with Crippen molar-refractivity contribution in [1.82, 2.24) is 0 Å². The number of esters is 1. The zero-order valence-corrected chi connectivity index (χ0v) is 9.72. The standard InChI is InChI=1S/C15H14O2/c1-2-3-5-12-15(16)17-13-8-11-14-9-6-4-7-10-14/h2-7,9-10,12H,13H2,1H3/b3-2+,12-5+. The molecule has 0 aromatic heterocycles. The lowest BCUT2D eigenvalue weighted by Crippen LogP contribution is -2.00. The first kappa shape index (κ1) is 12.8. The van der Waals surface area contributed by atoms with E-state index in [9.17, 15) is 4.79 Å². The van der Waals surface area contributed by atoms with E-state index < -0.39 is 0 Å². The van der Waals surface area contributed by atoms with Gasteiger partial charge in [-0.25, -0.2) is 4.79 Å². The number of benzene rings is 1. The third-order valence-electron chi connectivity index (χ3n) is 1.83. The molecule has 0 aliphatic heterocycles. The molecule has 0 unspecified atom stereocenters. The lowest BCUT2D eigenvalue weighted by atomic mass is 10.2. The molecule has 1 aromatic rings. The van der Waals surface area contributed by atoms with E-state index in [1.165, 1.54) is 6.08 Å². The van der Waals surface area contributed by atoms with Crippen molar-refractivity contribution in [3.05, 3.63) is 60.2 Å². The predicted molar refractivity (Wildman–Crippen MR) is 68.2 cm³/mol. The zero-order valence-electron chi connectivity index (χ0n) is 9.72. The summed E-state index contributed by atoms with van der Waals surface area (Å²) in [7, 11) is 0. The number of carbonyl (C=O) groups is 1. The smallest absolute Gasteiger partial charge is 0.331 e. The van der Waals surface area contributed by atoms with E-state index in [2.05, 4.69) is 11.8 Å². The molecule has 0 heterocycles. The van der Waals surface area contributed by atoms with Gasteiger partial charge in [-0.2, -0.15) is 0 Å². The van der Waals surface area contributed by atoms with Crippen LogP contribution in [0.4, 0.5) is 0 Å². The van der Waals surface area contributed by atoms with Gasteiger partial charge < -0.3 is 4.74 Å². The second kappa shape index (κ2) is 7.95. The van der Waals surface area contributed by atoms with Crippen molar-refractivity contribution in [1.29, 1.82) is 0 Å². The van der Waals surface area contributed by atoms with Crippen LogP contribution in [-0.2, 0) is 9.53 Å². The Hall–Kier alpha value is -2.27. The highest BCUT2D eigenvalue weighted by Gasteiger charge is 1.91. The van der Waals surface area contributed by atoms with Crippen molar-refractivity contribution in [2.75, 3.05) is 6.61 Å². The van der Waals surface area contributed by atoms with Crippen LogP contribution in [0, 0.1) is 11.8 Å². The minimum Gasteiger partial charge on any atom is -0.449 e. The van der Waals surface area contributed by atoms with E-state index in [-0.39, 0.29) is 12.6 Å². The van der Waals surface area contributed by atoms with Crippen LogP contribution in [0.1, 0.15) is 12.5 Å². The van der Waals surface area contributed by atoms with Gasteiger partial charge in [-0.15, -0.1) is 0 Å². The third kappa shape index (κ3) is 6.01. The van der Waals surface area contributed by atoms with E-state index >= 15 is 0 Å². The summed E-state index contributed by atoms with van der Waals surface area (Å²) in [5, 5.41) is 0. The molecule has 0 bridgehead atoms. The van der Waals surface area contributed by atoms with E-state index in [4.69, 9.17) is 4.74 Å². The monoisotopic (exact) mass is 226 g/mol. The first-order chi connectivity index (χ1) is 8.33. The van der Waals surface area contributed by atoms with E-state index in [1.54, 1.807) is 12.2 Å².